The van der Waals surface area contributed by atoms with Crippen LogP contribution in [0.2, 0.25) is 0 Å². The molecule has 1 heterocycles. The highest BCUT2D eigenvalue weighted by Gasteiger charge is 2.05. The average molecular weight is 366 g/mol. The van der Waals surface area contributed by atoms with Crippen molar-refractivity contribution in [2.45, 2.75) is 6.54 Å². The van der Waals surface area contributed by atoms with Crippen molar-refractivity contribution >= 4 is 12.0 Å². The number of amides is 1. The van der Waals surface area contributed by atoms with E-state index in [9.17, 15) is 13.6 Å². The van der Waals surface area contributed by atoms with Crippen LogP contribution in [0.3, 0.4) is 0 Å². The molecule has 0 bridgehead atoms. The summed E-state index contributed by atoms with van der Waals surface area (Å²) in [5.41, 5.74) is 1.30. The van der Waals surface area contributed by atoms with E-state index in [-0.39, 0.29) is 24.0 Å². The summed E-state index contributed by atoms with van der Waals surface area (Å²) in [5.74, 6) is -0.716. The standard InChI is InChI=1S/C21H16F2N2O2/c22-17-7-3-16(4-8-17)13-25-21(26)10-6-15-5-9-20(19(23)12-15)27-18-2-1-11-24-14-18/h1-12,14H,13H2,(H,25,26)/b10-6+. The number of nitrogens with one attached hydrogen (secondary N) is 1. The molecule has 1 aromatic heterocycles. The number of nitrogens with zero attached hydrogens (tertiary/aromatic N) is 1. The fraction of sp³-hybridized carbons (Fsp3) is 0.0476. The summed E-state index contributed by atoms with van der Waals surface area (Å²) in [6, 6.07) is 13.6. The topological polar surface area (TPSA) is 51.2 Å². The van der Waals surface area contributed by atoms with Crippen molar-refractivity contribution < 1.29 is 18.3 Å². The van der Waals surface area contributed by atoms with Crippen molar-refractivity contribution in [2.24, 2.45) is 0 Å². The zero-order valence-electron chi connectivity index (χ0n) is 14.2. The summed E-state index contributed by atoms with van der Waals surface area (Å²) in [7, 11) is 0. The predicted octanol–water partition coefficient (Wildman–Crippen LogP) is 4.48. The Bertz CT molecular complexity index is 942. The molecule has 0 aliphatic heterocycles. The Morgan fingerprint density at radius 2 is 1.93 bits per heavy atom. The number of hydrogen-bond donors (Lipinski definition) is 1. The van der Waals surface area contributed by atoms with Crippen molar-refractivity contribution in [1.29, 1.82) is 0 Å². The van der Waals surface area contributed by atoms with Crippen LogP contribution in [-0.4, -0.2) is 10.9 Å². The molecule has 3 aromatic rings. The number of hydrogen-bond acceptors (Lipinski definition) is 3. The summed E-state index contributed by atoms with van der Waals surface area (Å²) in [6.45, 7) is 0.274. The van der Waals surface area contributed by atoms with Gasteiger partial charge in [0, 0.05) is 18.8 Å². The van der Waals surface area contributed by atoms with Gasteiger partial charge < -0.3 is 10.1 Å². The van der Waals surface area contributed by atoms with Gasteiger partial charge in [0.1, 0.15) is 11.6 Å². The Morgan fingerprint density at radius 1 is 1.11 bits per heavy atom. The van der Waals surface area contributed by atoms with Crippen LogP contribution < -0.4 is 10.1 Å². The molecule has 4 nitrogen and oxygen atoms in total. The second-order valence-corrected chi connectivity index (χ2v) is 5.66. The lowest BCUT2D eigenvalue weighted by Crippen LogP contribution is -2.20. The van der Waals surface area contributed by atoms with Crippen LogP contribution in [0.15, 0.2) is 73.1 Å². The molecule has 0 aliphatic rings. The first-order valence-corrected chi connectivity index (χ1v) is 8.18. The highest BCUT2D eigenvalue weighted by atomic mass is 19.1. The molecule has 0 radical (unpaired) electrons. The van der Waals surface area contributed by atoms with E-state index >= 15 is 0 Å². The fourth-order valence-corrected chi connectivity index (χ4v) is 2.26. The van der Waals surface area contributed by atoms with Crippen LogP contribution >= 0.6 is 0 Å². The van der Waals surface area contributed by atoms with Gasteiger partial charge in [0.05, 0.1) is 6.20 Å². The van der Waals surface area contributed by atoms with Crippen molar-refractivity contribution in [1.82, 2.24) is 10.3 Å². The minimum absolute atomic E-state index is 0.0703. The van der Waals surface area contributed by atoms with Gasteiger partial charge in [-0.1, -0.05) is 18.2 Å². The monoisotopic (exact) mass is 366 g/mol. The van der Waals surface area contributed by atoms with Gasteiger partial charge in [0.25, 0.3) is 0 Å². The van der Waals surface area contributed by atoms with E-state index in [4.69, 9.17) is 4.74 Å². The van der Waals surface area contributed by atoms with E-state index in [1.54, 1.807) is 36.5 Å². The summed E-state index contributed by atoms with van der Waals surface area (Å²) >= 11 is 0. The highest BCUT2D eigenvalue weighted by molar-refractivity contribution is 5.91. The number of aromatic nitrogens is 1. The largest absolute Gasteiger partial charge is 0.453 e. The Balaban J connectivity index is 1.57. The third kappa shape index (κ3) is 5.47. The molecular weight excluding hydrogens is 350 g/mol. The average Bonchev–Trinajstić information content (AvgIpc) is 2.68. The third-order valence-corrected chi connectivity index (χ3v) is 3.63. The number of carbonyl (C=O) groups excluding carboxylic acids is 1. The lowest BCUT2D eigenvalue weighted by atomic mass is 10.2. The number of carbonyl (C=O) groups is 1. The summed E-state index contributed by atoms with van der Waals surface area (Å²) in [4.78, 5) is 15.8. The first-order valence-electron chi connectivity index (χ1n) is 8.18. The number of halogens is 2. The number of benzene rings is 2. The lowest BCUT2D eigenvalue weighted by molar-refractivity contribution is -0.116. The van der Waals surface area contributed by atoms with E-state index in [1.165, 1.54) is 42.6 Å². The van der Waals surface area contributed by atoms with E-state index in [0.717, 1.165) is 5.56 Å². The fourth-order valence-electron chi connectivity index (χ4n) is 2.26. The van der Waals surface area contributed by atoms with Crippen LogP contribution in [0, 0.1) is 11.6 Å². The molecule has 2 aromatic carbocycles. The van der Waals surface area contributed by atoms with Gasteiger partial charge in [0.15, 0.2) is 11.6 Å². The van der Waals surface area contributed by atoms with Gasteiger partial charge in [-0.3, -0.25) is 9.78 Å². The van der Waals surface area contributed by atoms with E-state index in [1.807, 2.05) is 0 Å². The molecule has 0 fully saturated rings. The van der Waals surface area contributed by atoms with Crippen LogP contribution in [0.1, 0.15) is 11.1 Å². The number of rotatable bonds is 6. The van der Waals surface area contributed by atoms with Crippen molar-refractivity contribution in [3.63, 3.8) is 0 Å². The van der Waals surface area contributed by atoms with Gasteiger partial charge in [-0.25, -0.2) is 8.78 Å². The van der Waals surface area contributed by atoms with E-state index in [0.29, 0.717) is 11.3 Å². The molecule has 27 heavy (non-hydrogen) atoms. The smallest absolute Gasteiger partial charge is 0.244 e. The second-order valence-electron chi connectivity index (χ2n) is 5.66. The summed E-state index contributed by atoms with van der Waals surface area (Å²) in [6.07, 6.45) is 5.88. The first-order chi connectivity index (χ1) is 13.1. The Hall–Kier alpha value is -3.54. The maximum atomic E-state index is 14.2. The normalized spacial score (nSPS) is 10.7. The molecule has 3 rings (SSSR count). The Morgan fingerprint density at radius 3 is 2.63 bits per heavy atom. The molecule has 0 aliphatic carbocycles. The van der Waals surface area contributed by atoms with Crippen LogP contribution in [0.5, 0.6) is 11.5 Å². The van der Waals surface area contributed by atoms with E-state index < -0.39 is 5.82 Å². The van der Waals surface area contributed by atoms with Gasteiger partial charge >= 0.3 is 0 Å². The third-order valence-electron chi connectivity index (χ3n) is 3.63. The summed E-state index contributed by atoms with van der Waals surface area (Å²) < 4.78 is 32.4. The Kier molecular flexibility index (Phi) is 5.89. The van der Waals surface area contributed by atoms with Gasteiger partial charge in [-0.05, 0) is 53.6 Å². The maximum Gasteiger partial charge on any atom is 0.244 e. The molecule has 136 valence electrons. The Labute approximate surface area is 155 Å². The molecule has 0 unspecified atom stereocenters. The predicted molar refractivity (Wildman–Crippen MR) is 98.0 cm³/mol. The molecule has 0 atom stereocenters. The minimum Gasteiger partial charge on any atom is -0.453 e. The molecule has 6 heteroatoms. The molecule has 0 saturated carbocycles. The van der Waals surface area contributed by atoms with Crippen molar-refractivity contribution in [3.8, 4) is 11.5 Å². The maximum absolute atomic E-state index is 14.2. The first kappa shape index (κ1) is 18.3. The lowest BCUT2D eigenvalue weighted by Gasteiger charge is -2.06. The second kappa shape index (κ2) is 8.71. The number of pyridine rings is 1. The quantitative estimate of drug-likeness (QED) is 0.655. The molecule has 0 saturated heterocycles. The van der Waals surface area contributed by atoms with Gasteiger partial charge in [-0.15, -0.1) is 0 Å². The molecule has 1 N–H and O–H groups in total. The van der Waals surface area contributed by atoms with Gasteiger partial charge in [0.2, 0.25) is 5.91 Å². The zero-order chi connectivity index (χ0) is 19.1. The van der Waals surface area contributed by atoms with Crippen molar-refractivity contribution in [3.05, 3.63) is 95.8 Å². The zero-order valence-corrected chi connectivity index (χ0v) is 14.2. The molecule has 1 amide bonds. The van der Waals surface area contributed by atoms with Crippen molar-refractivity contribution in [2.75, 3.05) is 0 Å². The highest BCUT2D eigenvalue weighted by Crippen LogP contribution is 2.24. The number of ether oxygens (including phenoxy) is 1. The van der Waals surface area contributed by atoms with Crippen LogP contribution in [0.25, 0.3) is 6.08 Å². The SMILES string of the molecule is O=C(/C=C/c1ccc(Oc2cccnc2)c(F)c1)NCc1ccc(F)cc1. The van der Waals surface area contributed by atoms with Crippen LogP contribution in [0.4, 0.5) is 8.78 Å². The van der Waals surface area contributed by atoms with Gasteiger partial charge in [-0.2, -0.15) is 0 Å². The molecular formula is C21H16F2N2O2. The van der Waals surface area contributed by atoms with Crippen LogP contribution in [-0.2, 0) is 11.3 Å². The minimum atomic E-state index is -0.548. The molecule has 0 spiro atoms. The summed E-state index contributed by atoms with van der Waals surface area (Å²) in [5, 5.41) is 2.67. The van der Waals surface area contributed by atoms with E-state index in [2.05, 4.69) is 10.3 Å².